The van der Waals surface area contributed by atoms with Gasteiger partial charge in [0.25, 0.3) is 0 Å². The van der Waals surface area contributed by atoms with E-state index in [0.29, 0.717) is 6.10 Å². The van der Waals surface area contributed by atoms with Crippen LogP contribution in [0.4, 0.5) is 0 Å². The third-order valence-electron chi connectivity index (χ3n) is 4.10. The van der Waals surface area contributed by atoms with Crippen LogP contribution < -0.4 is 4.74 Å². The number of oxime groups is 1. The van der Waals surface area contributed by atoms with E-state index in [2.05, 4.69) is 11.2 Å². The van der Waals surface area contributed by atoms with E-state index in [1.807, 2.05) is 12.1 Å². The van der Waals surface area contributed by atoms with Crippen molar-refractivity contribution >= 4 is 5.71 Å². The molecule has 1 saturated heterocycles. The molecule has 1 N–H and O–H groups in total. The molecule has 0 bridgehead atoms. The highest BCUT2D eigenvalue weighted by atomic mass is 16.5. The molecule has 1 aliphatic heterocycles. The summed E-state index contributed by atoms with van der Waals surface area (Å²) in [6.07, 6.45) is 6.71. The second kappa shape index (κ2) is 6.27. The normalized spacial score (nSPS) is 23.2. The van der Waals surface area contributed by atoms with Gasteiger partial charge < -0.3 is 14.7 Å². The van der Waals surface area contributed by atoms with E-state index in [-0.39, 0.29) is 0 Å². The lowest BCUT2D eigenvalue weighted by Crippen LogP contribution is -2.07. The first kappa shape index (κ1) is 13.4. The predicted molar refractivity (Wildman–Crippen MR) is 76.8 cm³/mol. The summed E-state index contributed by atoms with van der Waals surface area (Å²) in [7, 11) is 0. The smallest absolute Gasteiger partial charge is 0.119 e. The maximum absolute atomic E-state index is 8.90. The Hall–Kier alpha value is -1.55. The van der Waals surface area contributed by atoms with Gasteiger partial charge in [0.2, 0.25) is 0 Å². The standard InChI is InChI=1S/C16H21NO3/c18-17-16-8-5-12-11-14(6-7-15(12)16)20-10-2-4-13-3-1-9-19-13/h6-7,11,13,18H,1-5,8-10H2/b17-16-. The summed E-state index contributed by atoms with van der Waals surface area (Å²) in [5.74, 6) is 0.912. The van der Waals surface area contributed by atoms with E-state index in [1.54, 1.807) is 0 Å². The summed E-state index contributed by atoms with van der Waals surface area (Å²) >= 11 is 0. The lowest BCUT2D eigenvalue weighted by molar-refractivity contribution is 0.0981. The van der Waals surface area contributed by atoms with Crippen LogP contribution in [0.1, 0.15) is 43.2 Å². The van der Waals surface area contributed by atoms with Gasteiger partial charge in [-0.3, -0.25) is 0 Å². The monoisotopic (exact) mass is 275 g/mol. The fraction of sp³-hybridized carbons (Fsp3) is 0.562. The third kappa shape index (κ3) is 2.96. The first-order chi connectivity index (χ1) is 9.86. The molecule has 1 atom stereocenters. The molecule has 2 aliphatic rings. The van der Waals surface area contributed by atoms with Crippen molar-refractivity contribution in [2.45, 2.75) is 44.6 Å². The van der Waals surface area contributed by atoms with Gasteiger partial charge in [-0.05, 0) is 62.3 Å². The van der Waals surface area contributed by atoms with Gasteiger partial charge in [0.1, 0.15) is 5.75 Å². The van der Waals surface area contributed by atoms with Crippen LogP contribution in [-0.2, 0) is 11.2 Å². The zero-order chi connectivity index (χ0) is 13.8. The van der Waals surface area contributed by atoms with Crippen molar-refractivity contribution in [3.63, 3.8) is 0 Å². The highest BCUT2D eigenvalue weighted by Gasteiger charge is 2.19. The number of ether oxygens (including phenoxy) is 2. The second-order valence-corrected chi connectivity index (χ2v) is 5.49. The summed E-state index contributed by atoms with van der Waals surface area (Å²) in [5.41, 5.74) is 3.05. The quantitative estimate of drug-likeness (QED) is 0.510. The molecule has 0 aromatic heterocycles. The van der Waals surface area contributed by atoms with Gasteiger partial charge in [-0.25, -0.2) is 0 Å². The van der Waals surface area contributed by atoms with Crippen LogP contribution in [0.5, 0.6) is 5.75 Å². The molecule has 0 amide bonds. The van der Waals surface area contributed by atoms with Gasteiger partial charge in [0.15, 0.2) is 0 Å². The average Bonchev–Trinajstić information content (AvgIpc) is 3.12. The summed E-state index contributed by atoms with van der Waals surface area (Å²) in [5, 5.41) is 12.2. The van der Waals surface area contributed by atoms with E-state index in [4.69, 9.17) is 14.7 Å². The van der Waals surface area contributed by atoms with Gasteiger partial charge in [-0.2, -0.15) is 0 Å². The zero-order valence-corrected chi connectivity index (χ0v) is 11.7. The molecule has 108 valence electrons. The van der Waals surface area contributed by atoms with Gasteiger partial charge in [-0.15, -0.1) is 0 Å². The minimum Gasteiger partial charge on any atom is -0.494 e. The van der Waals surface area contributed by atoms with Gasteiger partial charge in [0.05, 0.1) is 18.4 Å². The molecule has 1 fully saturated rings. The van der Waals surface area contributed by atoms with Crippen LogP contribution in [0.15, 0.2) is 23.4 Å². The number of fused-ring (bicyclic) bond motifs is 1. The van der Waals surface area contributed by atoms with Crippen LogP contribution in [0.2, 0.25) is 0 Å². The molecule has 3 rings (SSSR count). The Morgan fingerprint density at radius 3 is 3.10 bits per heavy atom. The molecule has 0 radical (unpaired) electrons. The SMILES string of the molecule is O/N=C1/CCc2cc(OCCCC3CCCO3)ccc21. The molecular formula is C16H21NO3. The Kier molecular flexibility index (Phi) is 4.21. The highest BCUT2D eigenvalue weighted by molar-refractivity contribution is 6.04. The summed E-state index contributed by atoms with van der Waals surface area (Å²) < 4.78 is 11.4. The molecular weight excluding hydrogens is 254 g/mol. The maximum atomic E-state index is 8.90. The summed E-state index contributed by atoms with van der Waals surface area (Å²) in [6.45, 7) is 1.66. The number of aryl methyl sites for hydroxylation is 1. The Bertz CT molecular complexity index is 492. The highest BCUT2D eigenvalue weighted by Crippen LogP contribution is 2.27. The third-order valence-corrected chi connectivity index (χ3v) is 4.10. The minimum absolute atomic E-state index is 0.446. The summed E-state index contributed by atoms with van der Waals surface area (Å²) in [6, 6.07) is 6.02. The first-order valence-corrected chi connectivity index (χ1v) is 7.45. The molecule has 1 aliphatic carbocycles. The first-order valence-electron chi connectivity index (χ1n) is 7.45. The predicted octanol–water partition coefficient (Wildman–Crippen LogP) is 3.15. The van der Waals surface area contributed by atoms with E-state index in [9.17, 15) is 0 Å². The number of hydrogen-bond acceptors (Lipinski definition) is 4. The lowest BCUT2D eigenvalue weighted by atomic mass is 10.1. The molecule has 1 heterocycles. The Labute approximate surface area is 119 Å². The van der Waals surface area contributed by atoms with E-state index in [0.717, 1.165) is 55.9 Å². The van der Waals surface area contributed by atoms with Gasteiger partial charge in [-0.1, -0.05) is 5.16 Å². The van der Waals surface area contributed by atoms with Crippen molar-refractivity contribution in [3.8, 4) is 5.75 Å². The van der Waals surface area contributed by atoms with Crippen molar-refractivity contribution in [1.82, 2.24) is 0 Å². The van der Waals surface area contributed by atoms with Gasteiger partial charge >= 0.3 is 0 Å². The van der Waals surface area contributed by atoms with Crippen molar-refractivity contribution in [3.05, 3.63) is 29.3 Å². The van der Waals surface area contributed by atoms with E-state index in [1.165, 1.54) is 18.4 Å². The van der Waals surface area contributed by atoms with Crippen LogP contribution in [-0.4, -0.2) is 30.2 Å². The Balaban J connectivity index is 1.49. The van der Waals surface area contributed by atoms with Crippen LogP contribution in [0, 0.1) is 0 Å². The fourth-order valence-electron chi connectivity index (χ4n) is 3.01. The molecule has 4 heteroatoms. The molecule has 0 saturated carbocycles. The van der Waals surface area contributed by atoms with Crippen molar-refractivity contribution < 1.29 is 14.7 Å². The van der Waals surface area contributed by atoms with Crippen LogP contribution >= 0.6 is 0 Å². The van der Waals surface area contributed by atoms with Crippen molar-refractivity contribution in [2.75, 3.05) is 13.2 Å². The Morgan fingerprint density at radius 1 is 1.35 bits per heavy atom. The van der Waals surface area contributed by atoms with E-state index >= 15 is 0 Å². The van der Waals surface area contributed by atoms with Crippen molar-refractivity contribution in [1.29, 1.82) is 0 Å². The maximum Gasteiger partial charge on any atom is 0.119 e. The lowest BCUT2D eigenvalue weighted by Gasteiger charge is -2.10. The topological polar surface area (TPSA) is 51.1 Å². The van der Waals surface area contributed by atoms with Crippen LogP contribution in [0.3, 0.4) is 0 Å². The molecule has 20 heavy (non-hydrogen) atoms. The molecule has 1 aromatic carbocycles. The van der Waals surface area contributed by atoms with Crippen LogP contribution in [0.25, 0.3) is 0 Å². The number of benzene rings is 1. The fourth-order valence-corrected chi connectivity index (χ4v) is 3.01. The summed E-state index contributed by atoms with van der Waals surface area (Å²) in [4.78, 5) is 0. The number of rotatable bonds is 5. The minimum atomic E-state index is 0.446. The molecule has 4 nitrogen and oxygen atoms in total. The average molecular weight is 275 g/mol. The molecule has 1 aromatic rings. The second-order valence-electron chi connectivity index (χ2n) is 5.49. The van der Waals surface area contributed by atoms with E-state index < -0.39 is 0 Å². The largest absolute Gasteiger partial charge is 0.494 e. The Morgan fingerprint density at radius 2 is 2.30 bits per heavy atom. The number of hydrogen-bond donors (Lipinski definition) is 1. The molecule has 1 unspecified atom stereocenters. The number of nitrogens with zero attached hydrogens (tertiary/aromatic N) is 1. The molecule has 0 spiro atoms. The van der Waals surface area contributed by atoms with Gasteiger partial charge in [0, 0.05) is 12.2 Å². The van der Waals surface area contributed by atoms with Crippen molar-refractivity contribution in [2.24, 2.45) is 5.16 Å². The zero-order valence-electron chi connectivity index (χ0n) is 11.7.